The highest BCUT2D eigenvalue weighted by atomic mass is 15.3. The third kappa shape index (κ3) is 8.43. The van der Waals surface area contributed by atoms with Crippen LogP contribution in [-0.2, 0) is 0 Å². The molecule has 0 aromatic carbocycles. The van der Waals surface area contributed by atoms with E-state index in [9.17, 15) is 21.0 Å². The van der Waals surface area contributed by atoms with Crippen molar-refractivity contribution in [3.63, 3.8) is 0 Å². The van der Waals surface area contributed by atoms with Gasteiger partial charge in [0, 0.05) is 59.9 Å². The molecular weight excluding hydrogens is 781 g/mol. The molecule has 2 saturated heterocycles. The van der Waals surface area contributed by atoms with Gasteiger partial charge in [0.1, 0.15) is 0 Å². The molecule has 0 aromatic heterocycles. The van der Waals surface area contributed by atoms with Crippen LogP contribution in [0, 0.1) is 140 Å². The van der Waals surface area contributed by atoms with Crippen LogP contribution in [0.15, 0.2) is 0 Å². The Morgan fingerprint density at radius 1 is 0.266 bits per heavy atom. The summed E-state index contributed by atoms with van der Waals surface area (Å²) in [5.41, 5.74) is 0. The van der Waals surface area contributed by atoms with E-state index >= 15 is 0 Å². The Bertz CT molecular complexity index is 1540. The summed E-state index contributed by atoms with van der Waals surface area (Å²) in [6, 6.07) is 15.3. The van der Waals surface area contributed by atoms with Gasteiger partial charge in [-0.1, -0.05) is 25.7 Å². The van der Waals surface area contributed by atoms with Crippen LogP contribution in [0.5, 0.6) is 0 Å². The lowest BCUT2D eigenvalue weighted by atomic mass is 9.61. The number of hydrogen-bond acceptors (Lipinski definition) is 6. The molecule has 348 valence electrons. The van der Waals surface area contributed by atoms with Crippen molar-refractivity contribution in [1.82, 2.24) is 9.80 Å². The Balaban J connectivity index is 0.877. The van der Waals surface area contributed by atoms with Crippen LogP contribution < -0.4 is 0 Å². The van der Waals surface area contributed by atoms with Gasteiger partial charge in [-0.15, -0.1) is 0 Å². The van der Waals surface area contributed by atoms with Gasteiger partial charge in [0.2, 0.25) is 0 Å². The zero-order valence-corrected chi connectivity index (χ0v) is 40.0. The molecule has 9 saturated carbocycles. The monoisotopic (exact) mass is 867 g/mol. The van der Waals surface area contributed by atoms with E-state index in [1.54, 1.807) is 0 Å². The first-order valence-corrected chi connectivity index (χ1v) is 28.6. The summed E-state index contributed by atoms with van der Waals surface area (Å²) in [7, 11) is 0. The minimum Gasteiger partial charge on any atom is -0.294 e. The molecule has 2 heterocycles. The average Bonchev–Trinajstić information content (AvgIpc) is 3.89. The van der Waals surface area contributed by atoms with Crippen molar-refractivity contribution in [1.29, 1.82) is 21.0 Å². The van der Waals surface area contributed by atoms with Crippen molar-refractivity contribution in [3.05, 3.63) is 0 Å². The van der Waals surface area contributed by atoms with E-state index in [-0.39, 0.29) is 0 Å². The quantitative estimate of drug-likeness (QED) is 0.263. The predicted molar refractivity (Wildman–Crippen MR) is 252 cm³/mol. The van der Waals surface area contributed by atoms with Crippen LogP contribution in [0.3, 0.4) is 0 Å². The summed E-state index contributed by atoms with van der Waals surface area (Å²) in [5, 5.41) is 39.3. The van der Waals surface area contributed by atoms with Crippen LogP contribution in [0.4, 0.5) is 0 Å². The molecule has 64 heavy (non-hydrogen) atoms. The van der Waals surface area contributed by atoms with Crippen LogP contribution in [0.25, 0.3) is 0 Å². The second-order valence-electron chi connectivity index (χ2n) is 25.5. The highest BCUT2D eigenvalue weighted by Gasteiger charge is 2.64. The van der Waals surface area contributed by atoms with Crippen molar-refractivity contribution in [2.24, 2.45) is 94.7 Å². The van der Waals surface area contributed by atoms with Crippen LogP contribution >= 0.6 is 0 Å². The van der Waals surface area contributed by atoms with E-state index in [2.05, 4.69) is 34.1 Å². The first kappa shape index (κ1) is 44.4. The molecule has 0 amide bonds. The second-order valence-corrected chi connectivity index (χ2v) is 25.5. The van der Waals surface area contributed by atoms with Crippen molar-refractivity contribution in [2.45, 2.75) is 242 Å². The highest BCUT2D eigenvalue weighted by Crippen LogP contribution is 2.63. The SMILES string of the molecule is N#CC1CCC(C2CC(C3CCC(C#N)CC3)CC(N3C4CCCCC4C4C5C6CCCCC6N(C6CC(C7CCC(C#N)CC7)CC(C7CCC(C#N)CC7)C6)C5CCC43)C2)CC1. The van der Waals surface area contributed by atoms with Gasteiger partial charge >= 0.3 is 0 Å². The molecule has 12 atom stereocenters. The van der Waals surface area contributed by atoms with Crippen molar-refractivity contribution in [2.75, 3.05) is 0 Å². The standard InChI is InChI=1S/C58H86N6/c59-33-37-9-17-41(18-10-37)45-27-46(42-19-11-38(34-60)12-20-42)30-49(29-45)63-53-7-3-1-5-51(53)57-55(63)25-26-56-58(57)52-6-2-4-8-54(52)64(56)50-31-47(43-21-13-39(35-61)14-22-43)28-48(32-50)44-23-15-40(36-62)16-24-44/h37-58H,1-32H2. The van der Waals surface area contributed by atoms with Crippen molar-refractivity contribution in [3.8, 4) is 24.3 Å². The number of nitrogens with zero attached hydrogens (tertiary/aromatic N) is 6. The van der Waals surface area contributed by atoms with Crippen molar-refractivity contribution < 1.29 is 0 Å². The molecule has 6 nitrogen and oxygen atoms in total. The molecule has 0 radical (unpaired) electrons. The van der Waals surface area contributed by atoms with Gasteiger partial charge in [-0.2, -0.15) is 21.0 Å². The largest absolute Gasteiger partial charge is 0.294 e. The van der Waals surface area contributed by atoms with E-state index in [4.69, 9.17) is 0 Å². The van der Waals surface area contributed by atoms with E-state index < -0.39 is 0 Å². The molecule has 0 spiro atoms. The number of nitriles is 4. The summed E-state index contributed by atoms with van der Waals surface area (Å²) in [5.74, 6) is 11.4. The van der Waals surface area contributed by atoms with Crippen LogP contribution in [0.2, 0.25) is 0 Å². The fourth-order valence-corrected chi connectivity index (χ4v) is 20.2. The summed E-state index contributed by atoms with van der Waals surface area (Å²) >= 11 is 0. The zero-order valence-electron chi connectivity index (χ0n) is 40.0. The molecule has 11 aliphatic rings. The summed E-state index contributed by atoms with van der Waals surface area (Å²) < 4.78 is 0. The first-order valence-electron chi connectivity index (χ1n) is 28.6. The maximum absolute atomic E-state index is 9.84. The molecule has 0 N–H and O–H groups in total. The van der Waals surface area contributed by atoms with Crippen LogP contribution in [0.1, 0.15) is 205 Å². The van der Waals surface area contributed by atoms with E-state index in [0.717, 1.165) is 159 Å². The minimum atomic E-state index is 0.291. The summed E-state index contributed by atoms with van der Waals surface area (Å²) in [4.78, 5) is 6.77. The third-order valence-corrected chi connectivity index (χ3v) is 23.0. The topological polar surface area (TPSA) is 102 Å². The first-order chi connectivity index (χ1) is 31.5. The summed E-state index contributed by atoms with van der Waals surface area (Å²) in [6.45, 7) is 0. The number of hydrogen-bond donors (Lipinski definition) is 0. The molecule has 0 aromatic rings. The van der Waals surface area contributed by atoms with Crippen molar-refractivity contribution >= 4 is 0 Å². The molecule has 11 rings (SSSR count). The minimum absolute atomic E-state index is 0.291. The lowest BCUT2D eigenvalue weighted by Gasteiger charge is -2.52. The van der Waals surface area contributed by atoms with Gasteiger partial charge in [0.15, 0.2) is 0 Å². The van der Waals surface area contributed by atoms with Gasteiger partial charge < -0.3 is 0 Å². The Kier molecular flexibility index (Phi) is 13.5. The molecular formula is C58H86N6. The van der Waals surface area contributed by atoms with Gasteiger partial charge in [-0.25, -0.2) is 0 Å². The van der Waals surface area contributed by atoms with E-state index in [1.165, 1.54) is 154 Å². The molecule has 9 aliphatic carbocycles. The summed E-state index contributed by atoms with van der Waals surface area (Å²) in [6.07, 6.45) is 42.5. The Labute approximate surface area is 390 Å². The lowest BCUT2D eigenvalue weighted by molar-refractivity contribution is -0.0224. The maximum atomic E-state index is 9.84. The van der Waals surface area contributed by atoms with Crippen LogP contribution in [-0.4, -0.2) is 46.1 Å². The molecule has 0 bridgehead atoms. The number of likely N-dealkylation sites (tertiary alicyclic amines) is 2. The smallest absolute Gasteiger partial charge is 0.0655 e. The normalized spacial score (nSPS) is 51.1. The molecule has 6 heteroatoms. The van der Waals surface area contributed by atoms with Gasteiger partial charge in [0.05, 0.1) is 24.3 Å². The van der Waals surface area contributed by atoms with E-state index in [0.29, 0.717) is 23.7 Å². The van der Waals surface area contributed by atoms with Gasteiger partial charge in [-0.05, 0) is 251 Å². The molecule has 2 aliphatic heterocycles. The van der Waals surface area contributed by atoms with Gasteiger partial charge in [0.25, 0.3) is 0 Å². The molecule has 11 fully saturated rings. The second kappa shape index (κ2) is 19.5. The predicted octanol–water partition coefficient (Wildman–Crippen LogP) is 13.4. The lowest BCUT2D eigenvalue weighted by Crippen LogP contribution is -2.55. The highest BCUT2D eigenvalue weighted by molar-refractivity contribution is 5.17. The third-order valence-electron chi connectivity index (χ3n) is 23.0. The zero-order chi connectivity index (χ0) is 43.3. The van der Waals surface area contributed by atoms with Gasteiger partial charge in [-0.3, -0.25) is 9.80 Å². The Morgan fingerprint density at radius 2 is 0.547 bits per heavy atom. The number of rotatable bonds is 6. The average molecular weight is 867 g/mol. The Morgan fingerprint density at radius 3 is 0.828 bits per heavy atom. The number of fused-ring (bicyclic) bond motifs is 7. The fourth-order valence-electron chi connectivity index (χ4n) is 20.2. The Hall–Kier alpha value is -2.12. The fraction of sp³-hybridized carbons (Fsp3) is 0.931. The molecule has 12 unspecified atom stereocenters. The maximum Gasteiger partial charge on any atom is 0.0655 e. The van der Waals surface area contributed by atoms with E-state index in [1.807, 2.05) is 0 Å².